The minimum absolute atomic E-state index is 3.95. The van der Waals surface area contributed by atoms with Gasteiger partial charge in [0.15, 0.2) is 9.33 Å². The normalized spacial score (nSPS) is 11.6. The first-order valence-corrected chi connectivity index (χ1v) is 2.89. The molecule has 3 nitrogen and oxygen atoms in total. The summed E-state index contributed by atoms with van der Waals surface area (Å²) in [6.07, 6.45) is 0. The van der Waals surface area contributed by atoms with Gasteiger partial charge in [-0.1, -0.05) is 0 Å². The average Bonchev–Trinajstić information content (AvgIpc) is 0.722. The van der Waals surface area contributed by atoms with E-state index in [1.165, 1.54) is 0 Å². The summed E-state index contributed by atoms with van der Waals surface area (Å²) in [4.78, 5) is 0. The minimum Gasteiger partial charge on any atom is -0.735 e. The minimum atomic E-state index is -4.44. The van der Waals surface area contributed by atoms with Crippen molar-refractivity contribution in [1.82, 2.24) is 0 Å². The molecule has 0 aliphatic rings. The third-order valence-electron chi connectivity index (χ3n) is 0. The maximum Gasteiger partial charge on any atom is 0.181 e. The Morgan fingerprint density at radius 2 is 1.60 bits per heavy atom. The molecule has 0 heterocycles. The van der Waals surface area contributed by atoms with E-state index in [1.807, 2.05) is 0 Å². The Hall–Kier alpha value is 0.200. The van der Waals surface area contributed by atoms with Gasteiger partial charge in [0.05, 0.1) is 0 Å². The van der Waals surface area contributed by atoms with Crippen molar-refractivity contribution < 1.29 is 13.0 Å². The Labute approximate surface area is 33.8 Å². The Kier molecular flexibility index (Phi) is 1.16. The fourth-order valence-corrected chi connectivity index (χ4v) is 0. The van der Waals surface area contributed by atoms with Gasteiger partial charge in [-0.15, -0.1) is 0 Å². The lowest BCUT2D eigenvalue weighted by molar-refractivity contribution is 0.481. The summed E-state index contributed by atoms with van der Waals surface area (Å²) in [5, 5.41) is 0. The molecule has 0 spiro atoms. The van der Waals surface area contributed by atoms with Crippen LogP contribution in [0.2, 0.25) is 0 Å². The third kappa shape index (κ3) is 508. The maximum atomic E-state index is 8.84. The monoisotopic (exact) mass is 115 g/mol. The van der Waals surface area contributed by atoms with Gasteiger partial charge in [-0.3, -0.25) is 0 Å². The molecule has 0 fully saturated rings. The second-order valence-electron chi connectivity index (χ2n) is 0.393. The van der Waals surface area contributed by atoms with E-state index >= 15 is 0 Å². The van der Waals surface area contributed by atoms with Crippen LogP contribution in [0.5, 0.6) is 0 Å². The van der Waals surface area contributed by atoms with Gasteiger partial charge < -0.3 is 4.55 Å². The zero-order chi connectivity index (χ0) is 4.50. The second-order valence-corrected chi connectivity index (χ2v) is 2.31. The van der Waals surface area contributed by atoms with E-state index in [9.17, 15) is 0 Å². The van der Waals surface area contributed by atoms with Crippen molar-refractivity contribution in [3.63, 3.8) is 0 Å². The molecule has 32 valence electrons. The largest absolute Gasteiger partial charge is 0.735 e. The van der Waals surface area contributed by atoms with Gasteiger partial charge in [0.1, 0.15) is 0 Å². The van der Waals surface area contributed by atoms with Crippen molar-refractivity contribution in [3.05, 3.63) is 0 Å². The van der Waals surface area contributed by atoms with Gasteiger partial charge in [-0.05, 0) is 0 Å². The smallest absolute Gasteiger partial charge is 0.181 e. The molecule has 0 aliphatic heterocycles. The molecular formula is ClO3S-. The maximum absolute atomic E-state index is 8.84. The Morgan fingerprint density at radius 3 is 1.60 bits per heavy atom. The predicted molar refractivity (Wildman–Crippen MR) is 15.6 cm³/mol. The van der Waals surface area contributed by atoms with Crippen LogP contribution in [-0.2, 0) is 9.33 Å². The van der Waals surface area contributed by atoms with E-state index < -0.39 is 9.33 Å². The molecule has 0 rings (SSSR count). The fraction of sp³-hybridized carbons (Fsp3) is 0. The molecule has 5 heteroatoms. The Morgan fingerprint density at radius 1 is 1.60 bits per heavy atom. The predicted octanol–water partition coefficient (Wildman–Crippen LogP) is -0.315. The second kappa shape index (κ2) is 1.12. The van der Waals surface area contributed by atoms with Crippen molar-refractivity contribution in [2.45, 2.75) is 0 Å². The molecule has 0 N–H and O–H groups in total. The van der Waals surface area contributed by atoms with Crippen LogP contribution >= 0.6 is 10.7 Å². The highest BCUT2D eigenvalue weighted by Crippen LogP contribution is 1.82. The molecule has 0 aromatic heterocycles. The van der Waals surface area contributed by atoms with Crippen molar-refractivity contribution in [2.75, 3.05) is 0 Å². The lowest BCUT2D eigenvalue weighted by Gasteiger charge is -1.86. The molecule has 0 aromatic rings. The summed E-state index contributed by atoms with van der Waals surface area (Å²) in [7, 11) is -0.498. The van der Waals surface area contributed by atoms with Gasteiger partial charge in [0, 0.05) is 10.7 Å². The lowest BCUT2D eigenvalue weighted by Crippen LogP contribution is -1.78. The van der Waals surface area contributed by atoms with Crippen LogP contribution in [-0.4, -0.2) is 13.0 Å². The molecule has 0 atom stereocenters. The molecule has 0 unspecified atom stereocenters. The molecule has 0 aromatic carbocycles. The van der Waals surface area contributed by atoms with Gasteiger partial charge in [0.2, 0.25) is 0 Å². The zero-order valence-corrected chi connectivity index (χ0v) is 3.58. The highest BCUT2D eigenvalue weighted by atomic mass is 35.7. The van der Waals surface area contributed by atoms with E-state index in [1.54, 1.807) is 0 Å². The van der Waals surface area contributed by atoms with Crippen molar-refractivity contribution in [1.29, 1.82) is 0 Å². The van der Waals surface area contributed by atoms with Gasteiger partial charge >= 0.3 is 0 Å². The fourth-order valence-electron chi connectivity index (χ4n) is 0. The van der Waals surface area contributed by atoms with E-state index in [2.05, 4.69) is 10.7 Å². The summed E-state index contributed by atoms with van der Waals surface area (Å²) in [6.45, 7) is 0. The van der Waals surface area contributed by atoms with E-state index in [-0.39, 0.29) is 0 Å². The van der Waals surface area contributed by atoms with Crippen molar-refractivity contribution >= 4 is 20.0 Å². The lowest BCUT2D eigenvalue weighted by atomic mass is 15.9. The van der Waals surface area contributed by atoms with Gasteiger partial charge in [-0.2, -0.15) is 0 Å². The first-order valence-electron chi connectivity index (χ1n) is 0.654. The number of rotatable bonds is 0. The summed E-state index contributed by atoms with van der Waals surface area (Å²) < 4.78 is 26.5. The van der Waals surface area contributed by atoms with Crippen LogP contribution in [0.15, 0.2) is 0 Å². The summed E-state index contributed by atoms with van der Waals surface area (Å²) in [5.74, 6) is 0. The highest BCUT2D eigenvalue weighted by Gasteiger charge is 1.70. The van der Waals surface area contributed by atoms with Crippen LogP contribution in [0.1, 0.15) is 0 Å². The van der Waals surface area contributed by atoms with E-state index in [0.29, 0.717) is 0 Å². The summed E-state index contributed by atoms with van der Waals surface area (Å²) in [6, 6.07) is 0. The number of hydrogen-bond donors (Lipinski definition) is 0. The molecule has 0 saturated carbocycles. The van der Waals surface area contributed by atoms with E-state index in [4.69, 9.17) is 13.0 Å². The number of halogens is 1. The van der Waals surface area contributed by atoms with Crippen LogP contribution in [0.4, 0.5) is 0 Å². The van der Waals surface area contributed by atoms with Crippen LogP contribution in [0, 0.1) is 0 Å². The molecule has 5 heavy (non-hydrogen) atoms. The first-order chi connectivity index (χ1) is 2.00. The van der Waals surface area contributed by atoms with Gasteiger partial charge in [-0.25, -0.2) is 8.42 Å². The summed E-state index contributed by atoms with van der Waals surface area (Å²) in [5.41, 5.74) is 0. The molecule has 0 radical (unpaired) electrons. The molecular weight excluding hydrogens is 116 g/mol. The third-order valence-corrected chi connectivity index (χ3v) is 0. The van der Waals surface area contributed by atoms with Crippen molar-refractivity contribution in [2.24, 2.45) is 0 Å². The first kappa shape index (κ1) is 5.20. The topological polar surface area (TPSA) is 57.2 Å². The van der Waals surface area contributed by atoms with Crippen LogP contribution in [0.25, 0.3) is 0 Å². The SMILES string of the molecule is O=S(=O)([O-])Cl. The quantitative estimate of drug-likeness (QED) is 0.321. The zero-order valence-electron chi connectivity index (χ0n) is 2.01. The van der Waals surface area contributed by atoms with Crippen molar-refractivity contribution in [3.8, 4) is 0 Å². The van der Waals surface area contributed by atoms with Crippen LogP contribution in [0.3, 0.4) is 0 Å². The molecule has 0 amide bonds. The highest BCUT2D eigenvalue weighted by molar-refractivity contribution is 8.09. The Balaban J connectivity index is 4.06. The molecule has 0 saturated heterocycles. The molecule has 0 bridgehead atoms. The van der Waals surface area contributed by atoms with Gasteiger partial charge in [0.25, 0.3) is 0 Å². The average molecular weight is 116 g/mol. The Bertz CT molecular complexity index is 90.1. The number of hydrogen-bond acceptors (Lipinski definition) is 3. The summed E-state index contributed by atoms with van der Waals surface area (Å²) >= 11 is 0. The standard InChI is InChI=1S/ClHO3S/c1-5(2,3)4/h(H,2,3,4)/p-1. The van der Waals surface area contributed by atoms with E-state index in [0.717, 1.165) is 0 Å². The molecule has 0 aliphatic carbocycles. The van der Waals surface area contributed by atoms with Crippen LogP contribution < -0.4 is 0 Å².